The van der Waals surface area contributed by atoms with Gasteiger partial charge in [-0.1, -0.05) is 89.8 Å². The molecule has 3 aromatic rings. The van der Waals surface area contributed by atoms with Crippen molar-refractivity contribution in [1.29, 1.82) is 0 Å². The van der Waals surface area contributed by atoms with Gasteiger partial charge in [-0.05, 0) is 62.1 Å². The summed E-state index contributed by atoms with van der Waals surface area (Å²) in [6.45, 7) is 1.56. The first-order valence-corrected chi connectivity index (χ1v) is 16.0. The average molecular weight is 627 g/mol. The van der Waals surface area contributed by atoms with Gasteiger partial charge in [0.2, 0.25) is 11.8 Å². The highest BCUT2D eigenvalue weighted by Crippen LogP contribution is 2.27. The molecular formula is C31H36BrN3O4S. The minimum Gasteiger partial charge on any atom is -0.352 e. The summed E-state index contributed by atoms with van der Waals surface area (Å²) >= 11 is 3.42. The van der Waals surface area contributed by atoms with E-state index in [-0.39, 0.29) is 23.4 Å². The Morgan fingerprint density at radius 3 is 2.23 bits per heavy atom. The zero-order valence-electron chi connectivity index (χ0n) is 22.7. The van der Waals surface area contributed by atoms with E-state index in [9.17, 15) is 18.0 Å². The monoisotopic (exact) mass is 625 g/mol. The molecule has 1 saturated carbocycles. The van der Waals surface area contributed by atoms with Crippen molar-refractivity contribution in [2.24, 2.45) is 0 Å². The van der Waals surface area contributed by atoms with E-state index in [2.05, 4.69) is 21.2 Å². The zero-order valence-corrected chi connectivity index (χ0v) is 25.1. The fraction of sp³-hybridized carbons (Fsp3) is 0.355. The maximum atomic E-state index is 14.0. The van der Waals surface area contributed by atoms with Gasteiger partial charge in [0.1, 0.15) is 12.6 Å². The summed E-state index contributed by atoms with van der Waals surface area (Å²) in [4.78, 5) is 28.9. The molecule has 40 heavy (non-hydrogen) atoms. The van der Waals surface area contributed by atoms with Crippen LogP contribution < -0.4 is 9.62 Å². The zero-order chi connectivity index (χ0) is 28.5. The Balaban J connectivity index is 1.62. The van der Waals surface area contributed by atoms with Crippen LogP contribution in [-0.2, 0) is 26.0 Å². The van der Waals surface area contributed by atoms with E-state index < -0.39 is 28.5 Å². The normalized spacial score (nSPS) is 14.8. The van der Waals surface area contributed by atoms with Gasteiger partial charge in [0.25, 0.3) is 10.0 Å². The van der Waals surface area contributed by atoms with Crippen LogP contribution in [0.15, 0.2) is 94.3 Å². The number of nitrogens with zero attached hydrogens (tertiary/aromatic N) is 2. The summed E-state index contributed by atoms with van der Waals surface area (Å²) in [5.74, 6) is -0.657. The fourth-order valence-corrected chi connectivity index (χ4v) is 6.83. The molecule has 4 rings (SSSR count). The number of hydrogen-bond acceptors (Lipinski definition) is 4. The standard InChI is InChI=1S/C31H36BrN3O4S/c1-24(31(37)33-27-15-7-3-8-16-27)34(21-20-25-12-5-2-6-13-25)30(36)23-35(28-17-11-14-26(32)22-28)40(38,39)29-18-9-4-10-19-29/h2,4-6,9-14,17-19,22,24,27H,3,7-8,15-16,20-21,23H2,1H3,(H,33,37)/t24-/m0/s1. The maximum Gasteiger partial charge on any atom is 0.264 e. The second-order valence-electron chi connectivity index (χ2n) is 10.1. The molecule has 0 aromatic heterocycles. The van der Waals surface area contributed by atoms with Crippen LogP contribution in [-0.4, -0.2) is 50.3 Å². The number of anilines is 1. The van der Waals surface area contributed by atoms with E-state index in [1.54, 1.807) is 49.4 Å². The van der Waals surface area contributed by atoms with Gasteiger partial charge in [-0.25, -0.2) is 8.42 Å². The van der Waals surface area contributed by atoms with Crippen molar-refractivity contribution in [2.45, 2.75) is 62.4 Å². The molecule has 9 heteroatoms. The number of amides is 2. The van der Waals surface area contributed by atoms with Crippen LogP contribution in [0.2, 0.25) is 0 Å². The Labute approximate surface area is 245 Å². The van der Waals surface area contributed by atoms with Crippen molar-refractivity contribution in [3.63, 3.8) is 0 Å². The molecule has 0 radical (unpaired) electrons. The molecule has 0 aliphatic heterocycles. The first-order chi connectivity index (χ1) is 19.3. The number of sulfonamides is 1. The van der Waals surface area contributed by atoms with Crippen LogP contribution in [0.3, 0.4) is 0 Å². The van der Waals surface area contributed by atoms with Crippen molar-refractivity contribution in [3.8, 4) is 0 Å². The van der Waals surface area contributed by atoms with Crippen molar-refractivity contribution in [1.82, 2.24) is 10.2 Å². The van der Waals surface area contributed by atoms with Gasteiger partial charge in [-0.15, -0.1) is 0 Å². The lowest BCUT2D eigenvalue weighted by Gasteiger charge is -2.33. The Morgan fingerprint density at radius 1 is 0.925 bits per heavy atom. The SMILES string of the molecule is C[C@@H](C(=O)NC1CCCCC1)N(CCc1ccccc1)C(=O)CN(c1cccc(Br)c1)S(=O)(=O)c1ccccc1. The first-order valence-electron chi connectivity index (χ1n) is 13.7. The molecular weight excluding hydrogens is 590 g/mol. The molecule has 0 saturated heterocycles. The second kappa shape index (κ2) is 13.9. The van der Waals surface area contributed by atoms with Crippen molar-refractivity contribution < 1.29 is 18.0 Å². The summed E-state index contributed by atoms with van der Waals surface area (Å²) in [5.41, 5.74) is 1.38. The van der Waals surface area contributed by atoms with Crippen molar-refractivity contribution >= 4 is 43.5 Å². The van der Waals surface area contributed by atoms with Crippen LogP contribution in [0, 0.1) is 0 Å². The van der Waals surface area contributed by atoms with E-state index in [1.165, 1.54) is 23.5 Å². The molecule has 0 heterocycles. The minimum absolute atomic E-state index is 0.0849. The molecule has 3 aromatic carbocycles. The third-order valence-electron chi connectivity index (χ3n) is 7.31. The quantitative estimate of drug-likeness (QED) is 0.302. The summed E-state index contributed by atoms with van der Waals surface area (Å²) in [6, 6.07) is 24.0. The molecule has 1 atom stereocenters. The van der Waals surface area contributed by atoms with Gasteiger partial charge in [-0.2, -0.15) is 0 Å². The Kier molecular flexibility index (Phi) is 10.4. The highest BCUT2D eigenvalue weighted by atomic mass is 79.9. The van der Waals surface area contributed by atoms with Crippen LogP contribution in [0.25, 0.3) is 0 Å². The number of hydrogen-bond donors (Lipinski definition) is 1. The number of halogens is 1. The molecule has 212 valence electrons. The highest BCUT2D eigenvalue weighted by Gasteiger charge is 2.33. The van der Waals surface area contributed by atoms with Gasteiger partial charge >= 0.3 is 0 Å². The van der Waals surface area contributed by atoms with E-state index in [0.29, 0.717) is 16.6 Å². The third-order valence-corrected chi connectivity index (χ3v) is 9.59. The summed E-state index contributed by atoms with van der Waals surface area (Å²) in [6.07, 6.45) is 5.73. The molecule has 1 N–H and O–H groups in total. The van der Waals surface area contributed by atoms with Gasteiger partial charge in [0.15, 0.2) is 0 Å². The van der Waals surface area contributed by atoms with Gasteiger partial charge < -0.3 is 10.2 Å². The molecule has 1 aliphatic rings. The van der Waals surface area contributed by atoms with Crippen LogP contribution in [0.5, 0.6) is 0 Å². The fourth-order valence-electron chi connectivity index (χ4n) is 5.02. The largest absolute Gasteiger partial charge is 0.352 e. The lowest BCUT2D eigenvalue weighted by atomic mass is 9.95. The number of carbonyl (C=O) groups is 2. The average Bonchev–Trinajstić information content (AvgIpc) is 2.97. The van der Waals surface area contributed by atoms with Gasteiger partial charge in [0, 0.05) is 17.1 Å². The molecule has 1 fully saturated rings. The Morgan fingerprint density at radius 2 is 1.57 bits per heavy atom. The maximum absolute atomic E-state index is 14.0. The predicted molar refractivity (Wildman–Crippen MR) is 161 cm³/mol. The van der Waals surface area contributed by atoms with Crippen LogP contribution >= 0.6 is 15.9 Å². The smallest absolute Gasteiger partial charge is 0.264 e. The van der Waals surface area contributed by atoms with Crippen LogP contribution in [0.1, 0.15) is 44.6 Å². The number of rotatable bonds is 11. The molecule has 2 amide bonds. The Bertz CT molecular complexity index is 1380. The predicted octanol–water partition coefficient (Wildman–Crippen LogP) is 5.55. The van der Waals surface area contributed by atoms with E-state index in [0.717, 1.165) is 35.6 Å². The van der Waals surface area contributed by atoms with Gasteiger partial charge in [-0.3, -0.25) is 13.9 Å². The first kappa shape index (κ1) is 29.8. The van der Waals surface area contributed by atoms with Crippen molar-refractivity contribution in [2.75, 3.05) is 17.4 Å². The topological polar surface area (TPSA) is 86.8 Å². The molecule has 0 unspecified atom stereocenters. The van der Waals surface area contributed by atoms with E-state index in [1.807, 2.05) is 30.3 Å². The number of carbonyl (C=O) groups excluding carboxylic acids is 2. The summed E-state index contributed by atoms with van der Waals surface area (Å²) in [5, 5.41) is 3.13. The summed E-state index contributed by atoms with van der Waals surface area (Å²) in [7, 11) is -4.07. The lowest BCUT2D eigenvalue weighted by molar-refractivity contribution is -0.139. The van der Waals surface area contributed by atoms with E-state index >= 15 is 0 Å². The lowest BCUT2D eigenvalue weighted by Crippen LogP contribution is -2.53. The minimum atomic E-state index is -4.07. The Hall–Kier alpha value is -3.17. The molecule has 0 spiro atoms. The second-order valence-corrected chi connectivity index (χ2v) is 12.9. The third kappa shape index (κ3) is 7.73. The number of benzene rings is 3. The summed E-state index contributed by atoms with van der Waals surface area (Å²) < 4.78 is 29.4. The molecule has 1 aliphatic carbocycles. The highest BCUT2D eigenvalue weighted by molar-refractivity contribution is 9.10. The number of nitrogens with one attached hydrogen (secondary N) is 1. The van der Waals surface area contributed by atoms with Crippen LogP contribution in [0.4, 0.5) is 5.69 Å². The van der Waals surface area contributed by atoms with E-state index in [4.69, 9.17) is 0 Å². The van der Waals surface area contributed by atoms with Gasteiger partial charge in [0.05, 0.1) is 10.6 Å². The molecule has 0 bridgehead atoms. The van der Waals surface area contributed by atoms with Crippen molar-refractivity contribution in [3.05, 3.63) is 95.0 Å². The molecule has 7 nitrogen and oxygen atoms in total.